The summed E-state index contributed by atoms with van der Waals surface area (Å²) in [5.41, 5.74) is 1.39. The molecule has 1 amide bonds. The van der Waals surface area contributed by atoms with Gasteiger partial charge < -0.3 is 10.1 Å². The zero-order valence-electron chi connectivity index (χ0n) is 18.6. The number of nitrogens with one attached hydrogen (secondary N) is 1. The Balaban J connectivity index is 1.48. The van der Waals surface area contributed by atoms with Crippen LogP contribution in [0.3, 0.4) is 0 Å². The number of aromatic nitrogens is 3. The van der Waals surface area contributed by atoms with E-state index in [1.165, 1.54) is 11.8 Å². The molecule has 0 saturated carbocycles. The molecule has 35 heavy (non-hydrogen) atoms. The highest BCUT2D eigenvalue weighted by Gasteiger charge is 2.28. The highest BCUT2D eigenvalue weighted by atomic mass is 35.5. The van der Waals surface area contributed by atoms with E-state index in [9.17, 15) is 4.79 Å². The molecule has 2 aromatic carbocycles. The molecule has 1 aliphatic heterocycles. The molecule has 180 valence electrons. The molecule has 3 heterocycles. The van der Waals surface area contributed by atoms with Gasteiger partial charge in [-0.15, -0.1) is 21.5 Å². The van der Waals surface area contributed by atoms with E-state index < -0.39 is 5.25 Å². The number of benzene rings is 2. The van der Waals surface area contributed by atoms with Crippen LogP contribution in [0, 0.1) is 0 Å². The predicted molar refractivity (Wildman–Crippen MR) is 142 cm³/mol. The fourth-order valence-corrected chi connectivity index (χ4v) is 6.25. The minimum absolute atomic E-state index is 0.0988. The van der Waals surface area contributed by atoms with E-state index in [-0.39, 0.29) is 12.0 Å². The van der Waals surface area contributed by atoms with Crippen molar-refractivity contribution >= 4 is 57.9 Å². The van der Waals surface area contributed by atoms with Gasteiger partial charge in [-0.2, -0.15) is 0 Å². The van der Waals surface area contributed by atoms with Crippen molar-refractivity contribution in [1.82, 2.24) is 14.8 Å². The number of ether oxygens (including phenoxy) is 1. The Bertz CT molecular complexity index is 1270. The van der Waals surface area contributed by atoms with Crippen molar-refractivity contribution in [3.63, 3.8) is 0 Å². The standard InChI is InChI=1S/C25H22Cl2N4O2S2/c26-17-12-18(27)14-19(13-17)28-24(32)22(16-6-2-1-3-7-16)35-25-30-29-23(21-9-5-11-34-21)31(25)15-20-8-4-10-33-20/h1-3,5-7,9,11-14,20,22H,4,8,10,15H2,(H,28,32)/t20-,22+/m0/s1. The lowest BCUT2D eigenvalue weighted by Gasteiger charge is -2.19. The zero-order valence-corrected chi connectivity index (χ0v) is 21.7. The maximum absolute atomic E-state index is 13.5. The van der Waals surface area contributed by atoms with Crippen molar-refractivity contribution < 1.29 is 9.53 Å². The van der Waals surface area contributed by atoms with Crippen LogP contribution in [0.4, 0.5) is 5.69 Å². The Morgan fingerprint density at radius 2 is 1.94 bits per heavy atom. The van der Waals surface area contributed by atoms with E-state index in [4.69, 9.17) is 27.9 Å². The third-order valence-corrected chi connectivity index (χ3v) is 8.10. The first-order valence-electron chi connectivity index (χ1n) is 11.1. The summed E-state index contributed by atoms with van der Waals surface area (Å²) in [7, 11) is 0. The number of hydrogen-bond acceptors (Lipinski definition) is 6. The summed E-state index contributed by atoms with van der Waals surface area (Å²) in [5, 5.41) is 15.0. The molecule has 0 aliphatic carbocycles. The van der Waals surface area contributed by atoms with E-state index in [1.54, 1.807) is 29.5 Å². The molecule has 10 heteroatoms. The summed E-state index contributed by atoms with van der Waals surface area (Å²) in [4.78, 5) is 14.6. The fourth-order valence-electron chi connectivity index (χ4n) is 3.96. The smallest absolute Gasteiger partial charge is 0.242 e. The van der Waals surface area contributed by atoms with Crippen molar-refractivity contribution in [3.8, 4) is 10.7 Å². The number of halogens is 2. The van der Waals surface area contributed by atoms with Crippen LogP contribution >= 0.6 is 46.3 Å². The largest absolute Gasteiger partial charge is 0.376 e. The van der Waals surface area contributed by atoms with Gasteiger partial charge in [-0.1, -0.05) is 71.4 Å². The normalized spacial score (nSPS) is 16.3. The Labute approximate surface area is 221 Å². The van der Waals surface area contributed by atoms with Gasteiger partial charge in [-0.05, 0) is 48.1 Å². The van der Waals surface area contributed by atoms with Crippen molar-refractivity contribution in [2.24, 2.45) is 0 Å². The maximum atomic E-state index is 13.5. The number of rotatable bonds is 8. The highest BCUT2D eigenvalue weighted by molar-refractivity contribution is 8.00. The Morgan fingerprint density at radius 1 is 1.14 bits per heavy atom. The molecule has 4 aromatic rings. The Hall–Kier alpha value is -2.36. The first-order valence-corrected chi connectivity index (χ1v) is 13.7. The van der Waals surface area contributed by atoms with E-state index in [0.29, 0.717) is 27.4 Å². The molecule has 0 bridgehead atoms. The molecule has 1 saturated heterocycles. The summed E-state index contributed by atoms with van der Waals surface area (Å²) in [5.74, 6) is 0.579. The SMILES string of the molecule is O=C(Nc1cc(Cl)cc(Cl)c1)[C@H](Sc1nnc(-c2cccs2)n1C[C@@H]1CCCO1)c1ccccc1. The van der Waals surface area contributed by atoms with Crippen molar-refractivity contribution in [2.75, 3.05) is 11.9 Å². The van der Waals surface area contributed by atoms with Gasteiger partial charge >= 0.3 is 0 Å². The van der Waals surface area contributed by atoms with Crippen molar-refractivity contribution in [2.45, 2.75) is 35.9 Å². The molecule has 6 nitrogen and oxygen atoms in total. The number of carbonyl (C=O) groups is 1. The van der Waals surface area contributed by atoms with Gasteiger partial charge in [0.15, 0.2) is 11.0 Å². The molecule has 2 aromatic heterocycles. The van der Waals surface area contributed by atoms with Gasteiger partial charge in [-0.3, -0.25) is 9.36 Å². The molecular formula is C25H22Cl2N4O2S2. The molecular weight excluding hydrogens is 523 g/mol. The van der Waals surface area contributed by atoms with Gasteiger partial charge in [0.25, 0.3) is 0 Å². The van der Waals surface area contributed by atoms with Gasteiger partial charge in [0, 0.05) is 22.3 Å². The lowest BCUT2D eigenvalue weighted by molar-refractivity contribution is -0.115. The Morgan fingerprint density at radius 3 is 2.63 bits per heavy atom. The van der Waals surface area contributed by atoms with E-state index in [0.717, 1.165) is 35.7 Å². The first-order chi connectivity index (χ1) is 17.1. The van der Waals surface area contributed by atoms with Crippen LogP contribution < -0.4 is 5.32 Å². The molecule has 0 spiro atoms. The summed E-state index contributed by atoms with van der Waals surface area (Å²) < 4.78 is 7.98. The monoisotopic (exact) mass is 544 g/mol. The molecule has 0 radical (unpaired) electrons. The van der Waals surface area contributed by atoms with Gasteiger partial charge in [0.05, 0.1) is 17.5 Å². The second-order valence-electron chi connectivity index (χ2n) is 8.09. The molecule has 1 aliphatic rings. The third-order valence-electron chi connectivity index (χ3n) is 5.56. The second kappa shape index (κ2) is 11.1. The second-order valence-corrected chi connectivity index (χ2v) is 11.0. The first kappa shape index (κ1) is 24.3. The van der Waals surface area contributed by atoms with Crippen LogP contribution in [0.1, 0.15) is 23.7 Å². The average molecular weight is 546 g/mol. The number of amides is 1. The number of thioether (sulfide) groups is 1. The lowest BCUT2D eigenvalue weighted by atomic mass is 10.1. The quantitative estimate of drug-likeness (QED) is 0.242. The van der Waals surface area contributed by atoms with Crippen LogP contribution in [0.15, 0.2) is 71.2 Å². The molecule has 1 fully saturated rings. The maximum Gasteiger partial charge on any atom is 0.242 e. The summed E-state index contributed by atoms with van der Waals surface area (Å²) in [6, 6.07) is 18.6. The average Bonchev–Trinajstić information content (AvgIpc) is 3.61. The molecule has 0 unspecified atom stereocenters. The van der Waals surface area contributed by atoms with E-state index in [2.05, 4.69) is 20.1 Å². The lowest BCUT2D eigenvalue weighted by Crippen LogP contribution is -2.21. The minimum atomic E-state index is -0.572. The summed E-state index contributed by atoms with van der Waals surface area (Å²) >= 11 is 15.3. The predicted octanol–water partition coefficient (Wildman–Crippen LogP) is 6.96. The Kier molecular flexibility index (Phi) is 7.75. The summed E-state index contributed by atoms with van der Waals surface area (Å²) in [6.45, 7) is 1.40. The van der Waals surface area contributed by atoms with Gasteiger partial charge in [-0.25, -0.2) is 0 Å². The number of hydrogen-bond donors (Lipinski definition) is 1. The third kappa shape index (κ3) is 5.90. The minimum Gasteiger partial charge on any atom is -0.376 e. The van der Waals surface area contributed by atoms with Crippen LogP contribution in [-0.2, 0) is 16.1 Å². The van der Waals surface area contributed by atoms with Crippen molar-refractivity contribution in [1.29, 1.82) is 0 Å². The fraction of sp³-hybridized carbons (Fsp3) is 0.240. The highest BCUT2D eigenvalue weighted by Crippen LogP contribution is 2.38. The van der Waals surface area contributed by atoms with Gasteiger partial charge in [0.1, 0.15) is 5.25 Å². The molecule has 5 rings (SSSR count). The number of carbonyl (C=O) groups excluding carboxylic acids is 1. The van der Waals surface area contributed by atoms with Crippen LogP contribution in [0.2, 0.25) is 10.0 Å². The zero-order chi connectivity index (χ0) is 24.2. The topological polar surface area (TPSA) is 69.0 Å². The van der Waals surface area contributed by atoms with Crippen LogP contribution in [-0.4, -0.2) is 33.4 Å². The van der Waals surface area contributed by atoms with Crippen LogP contribution in [0.5, 0.6) is 0 Å². The number of nitrogens with zero attached hydrogens (tertiary/aromatic N) is 3. The van der Waals surface area contributed by atoms with Gasteiger partial charge in [0.2, 0.25) is 5.91 Å². The van der Waals surface area contributed by atoms with Crippen molar-refractivity contribution in [3.05, 3.63) is 81.7 Å². The number of thiophene rings is 1. The van der Waals surface area contributed by atoms with Crippen LogP contribution in [0.25, 0.3) is 10.7 Å². The van der Waals surface area contributed by atoms with E-state index in [1.807, 2.05) is 47.8 Å². The molecule has 1 N–H and O–H groups in total. The molecule has 2 atom stereocenters. The summed E-state index contributed by atoms with van der Waals surface area (Å²) in [6.07, 6.45) is 2.13. The number of anilines is 1. The van der Waals surface area contributed by atoms with E-state index >= 15 is 0 Å².